The Morgan fingerprint density at radius 1 is 1.17 bits per heavy atom. The molecule has 1 heterocycles. The van der Waals surface area contributed by atoms with Crippen molar-refractivity contribution in [2.45, 2.75) is 13.8 Å². The fourth-order valence-corrected chi connectivity index (χ4v) is 3.65. The van der Waals surface area contributed by atoms with E-state index in [1.165, 1.54) is 18.2 Å². The van der Waals surface area contributed by atoms with Crippen LogP contribution in [0, 0.1) is 17.0 Å². The van der Waals surface area contributed by atoms with E-state index in [0.29, 0.717) is 21.8 Å². The lowest BCUT2D eigenvalue weighted by atomic mass is 10.1. The third-order valence-electron chi connectivity index (χ3n) is 5.02. The summed E-state index contributed by atoms with van der Waals surface area (Å²) in [6.07, 6.45) is 0. The van der Waals surface area contributed by atoms with Crippen LogP contribution in [0.3, 0.4) is 0 Å². The topological polar surface area (TPSA) is 78.7 Å². The van der Waals surface area contributed by atoms with Gasteiger partial charge in [0.25, 0.3) is 11.6 Å². The van der Waals surface area contributed by atoms with Crippen LogP contribution in [-0.4, -0.2) is 48.5 Å². The lowest BCUT2D eigenvalue weighted by Gasteiger charge is -2.36. The summed E-state index contributed by atoms with van der Waals surface area (Å²) >= 11 is 6.46. The molecule has 0 spiro atoms. The monoisotopic (exact) mass is 438 g/mol. The molecule has 0 saturated carbocycles. The van der Waals surface area contributed by atoms with Crippen molar-refractivity contribution in [3.8, 4) is 0 Å². The van der Waals surface area contributed by atoms with E-state index in [0.717, 1.165) is 38.4 Å². The SMILES string of the molecule is CCN1CCN(c2ccc(NC(=O)c3ccc([N+](=O)[O-])c(C)c3)cc2Cl)CC1.Cl. The van der Waals surface area contributed by atoms with Crippen molar-refractivity contribution >= 4 is 47.0 Å². The third kappa shape index (κ3) is 5.38. The number of nitrogens with one attached hydrogen (secondary N) is 1. The molecule has 1 aliphatic rings. The van der Waals surface area contributed by atoms with Gasteiger partial charge >= 0.3 is 0 Å². The molecule has 0 bridgehead atoms. The van der Waals surface area contributed by atoms with E-state index < -0.39 is 4.92 Å². The molecular weight excluding hydrogens is 415 g/mol. The Kier molecular flexibility index (Phi) is 7.84. The number of nitro benzene ring substituents is 1. The van der Waals surface area contributed by atoms with Gasteiger partial charge in [-0.05, 0) is 43.8 Å². The van der Waals surface area contributed by atoms with Crippen LogP contribution in [-0.2, 0) is 0 Å². The summed E-state index contributed by atoms with van der Waals surface area (Å²) < 4.78 is 0. The minimum absolute atomic E-state index is 0. The molecule has 1 saturated heterocycles. The normalized spacial score (nSPS) is 14.2. The van der Waals surface area contributed by atoms with Gasteiger partial charge in [0, 0.05) is 49.1 Å². The number of piperazine rings is 1. The van der Waals surface area contributed by atoms with Crippen LogP contribution in [0.15, 0.2) is 36.4 Å². The third-order valence-corrected chi connectivity index (χ3v) is 5.32. The van der Waals surface area contributed by atoms with Crippen molar-refractivity contribution in [3.63, 3.8) is 0 Å². The number of hydrogen-bond donors (Lipinski definition) is 1. The highest BCUT2D eigenvalue weighted by Gasteiger charge is 2.19. The Morgan fingerprint density at radius 3 is 2.41 bits per heavy atom. The summed E-state index contributed by atoms with van der Waals surface area (Å²) in [5.41, 5.74) is 2.34. The van der Waals surface area contributed by atoms with Crippen LogP contribution in [0.2, 0.25) is 5.02 Å². The standard InChI is InChI=1S/C20H23ClN4O3.ClH/c1-3-23-8-10-24(11-9-23)19-7-5-16(13-17(19)21)22-20(26)15-4-6-18(25(27)28)14(2)12-15;/h4-7,12-13H,3,8-11H2,1-2H3,(H,22,26);1H. The van der Waals surface area contributed by atoms with Gasteiger partial charge in [0.15, 0.2) is 0 Å². The molecular formula is C20H24Cl2N4O3. The molecule has 0 unspecified atom stereocenters. The number of benzene rings is 2. The average molecular weight is 439 g/mol. The smallest absolute Gasteiger partial charge is 0.272 e. The van der Waals surface area contributed by atoms with Crippen LogP contribution in [0.4, 0.5) is 17.1 Å². The number of likely N-dealkylation sites (N-methyl/N-ethyl adjacent to an activating group) is 1. The quantitative estimate of drug-likeness (QED) is 0.553. The van der Waals surface area contributed by atoms with E-state index in [1.807, 2.05) is 12.1 Å². The molecule has 1 amide bonds. The first kappa shape index (κ1) is 22.9. The van der Waals surface area contributed by atoms with Gasteiger partial charge in [0.1, 0.15) is 0 Å². The minimum atomic E-state index is -0.462. The molecule has 0 radical (unpaired) electrons. The van der Waals surface area contributed by atoms with Gasteiger partial charge in [-0.3, -0.25) is 14.9 Å². The van der Waals surface area contributed by atoms with Crippen LogP contribution < -0.4 is 10.2 Å². The van der Waals surface area contributed by atoms with Gasteiger partial charge in [0.2, 0.25) is 0 Å². The lowest BCUT2D eigenvalue weighted by molar-refractivity contribution is -0.385. The van der Waals surface area contributed by atoms with Crippen molar-refractivity contribution in [1.82, 2.24) is 4.90 Å². The average Bonchev–Trinajstić information content (AvgIpc) is 2.68. The molecule has 1 N–H and O–H groups in total. The summed E-state index contributed by atoms with van der Waals surface area (Å²) in [7, 11) is 0. The van der Waals surface area contributed by atoms with Crippen molar-refractivity contribution in [1.29, 1.82) is 0 Å². The summed E-state index contributed by atoms with van der Waals surface area (Å²) in [5, 5.41) is 14.3. The Labute approximate surface area is 181 Å². The minimum Gasteiger partial charge on any atom is -0.368 e. The van der Waals surface area contributed by atoms with Gasteiger partial charge in [-0.1, -0.05) is 18.5 Å². The van der Waals surface area contributed by atoms with Gasteiger partial charge in [-0.15, -0.1) is 12.4 Å². The zero-order valence-corrected chi connectivity index (χ0v) is 17.9. The number of nitro groups is 1. The predicted molar refractivity (Wildman–Crippen MR) is 119 cm³/mol. The fraction of sp³-hybridized carbons (Fsp3) is 0.350. The molecule has 29 heavy (non-hydrogen) atoms. The van der Waals surface area contributed by atoms with Crippen molar-refractivity contribution < 1.29 is 9.72 Å². The van der Waals surface area contributed by atoms with E-state index in [1.54, 1.807) is 13.0 Å². The van der Waals surface area contributed by atoms with E-state index >= 15 is 0 Å². The number of rotatable bonds is 5. The molecule has 0 aromatic heterocycles. The number of carbonyl (C=O) groups excluding carboxylic acids is 1. The zero-order valence-electron chi connectivity index (χ0n) is 16.4. The molecule has 7 nitrogen and oxygen atoms in total. The highest BCUT2D eigenvalue weighted by atomic mass is 35.5. The highest BCUT2D eigenvalue weighted by molar-refractivity contribution is 6.33. The van der Waals surface area contributed by atoms with Crippen LogP contribution in [0.25, 0.3) is 0 Å². The van der Waals surface area contributed by atoms with Crippen molar-refractivity contribution in [2.24, 2.45) is 0 Å². The molecule has 0 aliphatic carbocycles. The van der Waals surface area contributed by atoms with E-state index in [2.05, 4.69) is 22.0 Å². The summed E-state index contributed by atoms with van der Waals surface area (Å²) in [6.45, 7) is 8.67. The fourth-order valence-electron chi connectivity index (χ4n) is 3.35. The van der Waals surface area contributed by atoms with Gasteiger partial charge < -0.3 is 15.1 Å². The van der Waals surface area contributed by atoms with Crippen molar-refractivity contribution in [2.75, 3.05) is 42.9 Å². The molecule has 2 aromatic rings. The first-order chi connectivity index (χ1) is 13.4. The maximum Gasteiger partial charge on any atom is 0.272 e. The number of aryl methyl sites for hydroxylation is 1. The van der Waals surface area contributed by atoms with Crippen LogP contribution >= 0.6 is 24.0 Å². The lowest BCUT2D eigenvalue weighted by Crippen LogP contribution is -2.46. The zero-order chi connectivity index (χ0) is 20.3. The summed E-state index contributed by atoms with van der Waals surface area (Å²) in [4.78, 5) is 27.6. The molecule has 2 aromatic carbocycles. The summed E-state index contributed by atoms with van der Waals surface area (Å²) in [6, 6.07) is 9.78. The largest absolute Gasteiger partial charge is 0.368 e. The highest BCUT2D eigenvalue weighted by Crippen LogP contribution is 2.30. The Hall–Kier alpha value is -2.35. The number of halogens is 2. The molecule has 1 aliphatic heterocycles. The number of hydrogen-bond acceptors (Lipinski definition) is 5. The molecule has 3 rings (SSSR count). The Morgan fingerprint density at radius 2 is 1.86 bits per heavy atom. The number of carbonyl (C=O) groups is 1. The molecule has 156 valence electrons. The molecule has 9 heteroatoms. The van der Waals surface area contributed by atoms with E-state index in [9.17, 15) is 14.9 Å². The van der Waals surface area contributed by atoms with Crippen molar-refractivity contribution in [3.05, 3.63) is 62.7 Å². The Balaban J connectivity index is 0.00000300. The maximum absolute atomic E-state index is 12.5. The molecule has 1 fully saturated rings. The first-order valence-corrected chi connectivity index (χ1v) is 9.60. The van der Waals surface area contributed by atoms with Crippen LogP contribution in [0.5, 0.6) is 0 Å². The first-order valence-electron chi connectivity index (χ1n) is 9.22. The number of anilines is 2. The van der Waals surface area contributed by atoms with Gasteiger partial charge in [-0.25, -0.2) is 0 Å². The second-order valence-corrected chi connectivity index (χ2v) is 7.21. The van der Waals surface area contributed by atoms with E-state index in [4.69, 9.17) is 11.6 Å². The Bertz CT molecular complexity index is 899. The second kappa shape index (κ2) is 9.91. The van der Waals surface area contributed by atoms with Gasteiger partial charge in [0.05, 0.1) is 15.6 Å². The number of amides is 1. The predicted octanol–water partition coefficient (Wildman–Crippen LogP) is 4.37. The van der Waals surface area contributed by atoms with Crippen LogP contribution in [0.1, 0.15) is 22.8 Å². The van der Waals surface area contributed by atoms with E-state index in [-0.39, 0.29) is 24.0 Å². The number of nitrogens with zero attached hydrogens (tertiary/aromatic N) is 3. The molecule has 0 atom stereocenters. The second-order valence-electron chi connectivity index (χ2n) is 6.80. The van der Waals surface area contributed by atoms with Gasteiger partial charge in [-0.2, -0.15) is 0 Å². The maximum atomic E-state index is 12.5. The summed E-state index contributed by atoms with van der Waals surface area (Å²) in [5.74, 6) is -0.335.